The fraction of sp³-hybridized carbons (Fsp3) is 0.679. The van der Waals surface area contributed by atoms with Crippen LogP contribution in [-0.4, -0.2) is 84.5 Å². The van der Waals surface area contributed by atoms with Gasteiger partial charge in [-0.15, -0.1) is 11.8 Å². The van der Waals surface area contributed by atoms with E-state index in [2.05, 4.69) is 10.6 Å². The van der Waals surface area contributed by atoms with Gasteiger partial charge in [0.25, 0.3) is 5.91 Å². The zero-order valence-corrected chi connectivity index (χ0v) is 25.5. The summed E-state index contributed by atoms with van der Waals surface area (Å²) in [5.41, 5.74) is 0.394. The summed E-state index contributed by atoms with van der Waals surface area (Å²) in [5.74, 6) is 2.68. The van der Waals surface area contributed by atoms with Crippen LogP contribution in [0.1, 0.15) is 52.9 Å². The molecule has 2 N–H and O–H groups in total. The number of ether oxygens (including phenoxy) is 2. The molecule has 1 aliphatic carbocycles. The summed E-state index contributed by atoms with van der Waals surface area (Å²) in [7, 11) is 3.93. The van der Waals surface area contributed by atoms with Gasteiger partial charge in [-0.1, -0.05) is 19.3 Å². The molecule has 1 aliphatic heterocycles. The molecule has 11 heteroatoms. The summed E-state index contributed by atoms with van der Waals surface area (Å²) in [6.45, 7) is 5.80. The molecule has 2 atom stereocenters. The van der Waals surface area contributed by atoms with E-state index in [0.717, 1.165) is 11.4 Å². The zero-order valence-electron chi connectivity index (χ0n) is 23.9. The predicted octanol–water partition coefficient (Wildman–Crippen LogP) is 4.31. The summed E-state index contributed by atoms with van der Waals surface area (Å²) in [6.07, 6.45) is 5.75. The van der Waals surface area contributed by atoms with E-state index in [1.807, 2.05) is 43.3 Å². The van der Waals surface area contributed by atoms with Gasteiger partial charge in [0, 0.05) is 37.8 Å². The Labute approximate surface area is 241 Å². The van der Waals surface area contributed by atoms with E-state index in [1.165, 1.54) is 48.8 Å². The molecule has 0 spiro atoms. The maximum Gasteiger partial charge on any atom is 0.411 e. The third kappa shape index (κ3) is 10.3. The van der Waals surface area contributed by atoms with E-state index in [0.29, 0.717) is 29.7 Å². The van der Waals surface area contributed by atoms with Gasteiger partial charge in [0.05, 0.1) is 0 Å². The van der Waals surface area contributed by atoms with E-state index in [4.69, 9.17) is 9.47 Å². The van der Waals surface area contributed by atoms with Gasteiger partial charge in [-0.2, -0.15) is 11.8 Å². The number of amides is 3. The SMILES string of the molecule is CN(C)c1ccc(OCNC(=O)[C@H](CSCC2CCCCC2)NC(=O)C2SCCN2C(=O)OC(C)(C)C)cc1. The second-order valence-electron chi connectivity index (χ2n) is 11.2. The van der Waals surface area contributed by atoms with Gasteiger partial charge in [-0.3, -0.25) is 14.5 Å². The Morgan fingerprint density at radius 1 is 1.13 bits per heavy atom. The lowest BCUT2D eigenvalue weighted by Crippen LogP contribution is -2.54. The van der Waals surface area contributed by atoms with Crippen LogP contribution in [0.25, 0.3) is 0 Å². The molecule has 1 aromatic carbocycles. The highest BCUT2D eigenvalue weighted by Crippen LogP contribution is 2.28. The molecule has 0 radical (unpaired) electrons. The Balaban J connectivity index is 1.58. The molecular weight excluding hydrogens is 536 g/mol. The molecule has 39 heavy (non-hydrogen) atoms. The lowest BCUT2D eigenvalue weighted by atomic mass is 9.91. The molecule has 218 valence electrons. The van der Waals surface area contributed by atoms with Crippen LogP contribution in [0.4, 0.5) is 10.5 Å². The van der Waals surface area contributed by atoms with Crippen molar-refractivity contribution in [2.45, 2.75) is 69.9 Å². The molecule has 2 aliphatic rings. The topological polar surface area (TPSA) is 100 Å². The minimum atomic E-state index is -0.743. The zero-order chi connectivity index (χ0) is 28.4. The second kappa shape index (κ2) is 14.9. The normalized spacial score (nSPS) is 18.8. The van der Waals surface area contributed by atoms with Crippen molar-refractivity contribution in [2.75, 3.05) is 49.5 Å². The third-order valence-electron chi connectivity index (χ3n) is 6.58. The maximum absolute atomic E-state index is 13.3. The van der Waals surface area contributed by atoms with Crippen molar-refractivity contribution in [1.82, 2.24) is 15.5 Å². The molecule has 3 rings (SSSR count). The highest BCUT2D eigenvalue weighted by molar-refractivity contribution is 8.00. The molecule has 1 saturated heterocycles. The fourth-order valence-electron chi connectivity index (χ4n) is 4.48. The molecule has 1 unspecified atom stereocenters. The largest absolute Gasteiger partial charge is 0.473 e. The second-order valence-corrected chi connectivity index (χ2v) is 13.5. The van der Waals surface area contributed by atoms with Crippen molar-refractivity contribution in [1.29, 1.82) is 0 Å². The summed E-state index contributed by atoms with van der Waals surface area (Å²) in [4.78, 5) is 42.6. The molecule has 0 aromatic heterocycles. The Hall–Kier alpha value is -2.27. The standard InChI is InChI=1S/C28H44N4O5S2/c1-28(2,3)37-27(35)32-15-16-39-26(32)25(34)30-23(18-38-17-20-9-7-6-8-10-20)24(33)29-19-36-22-13-11-21(12-14-22)31(4)5/h11-14,20,23,26H,6-10,15-19H2,1-5H3,(H,29,33)(H,30,34)/t23-,26?/m0/s1. The Morgan fingerprint density at radius 3 is 2.46 bits per heavy atom. The number of nitrogens with zero attached hydrogens (tertiary/aromatic N) is 2. The van der Waals surface area contributed by atoms with E-state index < -0.39 is 23.1 Å². The number of thioether (sulfide) groups is 2. The molecule has 2 fully saturated rings. The van der Waals surface area contributed by atoms with Gasteiger partial charge in [0.1, 0.15) is 17.4 Å². The number of carbonyl (C=O) groups is 3. The van der Waals surface area contributed by atoms with Crippen molar-refractivity contribution in [3.8, 4) is 5.75 Å². The average molecular weight is 581 g/mol. The summed E-state index contributed by atoms with van der Waals surface area (Å²) in [5, 5.41) is 4.98. The number of carbonyl (C=O) groups excluding carboxylic acids is 3. The van der Waals surface area contributed by atoms with Crippen LogP contribution in [0.5, 0.6) is 5.75 Å². The molecule has 1 heterocycles. The lowest BCUT2D eigenvalue weighted by Gasteiger charge is -2.28. The van der Waals surface area contributed by atoms with Crippen molar-refractivity contribution in [3.63, 3.8) is 0 Å². The van der Waals surface area contributed by atoms with Crippen LogP contribution in [0, 0.1) is 5.92 Å². The molecular formula is C28H44N4O5S2. The average Bonchev–Trinajstić information content (AvgIpc) is 3.38. The Morgan fingerprint density at radius 2 is 1.82 bits per heavy atom. The Bertz CT molecular complexity index is 948. The van der Waals surface area contributed by atoms with Gasteiger partial charge in [0.15, 0.2) is 12.1 Å². The molecule has 3 amide bonds. The number of rotatable bonds is 11. The van der Waals surface area contributed by atoms with Crippen molar-refractivity contribution in [2.24, 2.45) is 5.92 Å². The first kappa shape index (κ1) is 31.3. The highest BCUT2D eigenvalue weighted by atomic mass is 32.2. The quantitative estimate of drug-likeness (QED) is 0.374. The van der Waals surface area contributed by atoms with Crippen LogP contribution < -0.4 is 20.3 Å². The maximum atomic E-state index is 13.3. The van der Waals surface area contributed by atoms with E-state index >= 15 is 0 Å². The number of anilines is 1. The van der Waals surface area contributed by atoms with Gasteiger partial charge in [-0.05, 0) is 69.5 Å². The van der Waals surface area contributed by atoms with E-state index in [1.54, 1.807) is 32.5 Å². The number of benzene rings is 1. The smallest absolute Gasteiger partial charge is 0.411 e. The third-order valence-corrected chi connectivity index (χ3v) is 9.06. The van der Waals surface area contributed by atoms with E-state index in [9.17, 15) is 14.4 Å². The number of hydrogen-bond donors (Lipinski definition) is 2. The predicted molar refractivity (Wildman–Crippen MR) is 159 cm³/mol. The molecule has 0 bridgehead atoms. The van der Waals surface area contributed by atoms with Crippen LogP contribution in [0.3, 0.4) is 0 Å². The molecule has 9 nitrogen and oxygen atoms in total. The minimum Gasteiger partial charge on any atom is -0.473 e. The van der Waals surface area contributed by atoms with Crippen LogP contribution in [0.2, 0.25) is 0 Å². The first-order chi connectivity index (χ1) is 18.5. The van der Waals surface area contributed by atoms with Crippen LogP contribution in [0.15, 0.2) is 24.3 Å². The first-order valence-corrected chi connectivity index (χ1v) is 15.9. The monoisotopic (exact) mass is 580 g/mol. The van der Waals surface area contributed by atoms with Gasteiger partial charge in [-0.25, -0.2) is 4.79 Å². The van der Waals surface area contributed by atoms with E-state index in [-0.39, 0.29) is 18.5 Å². The molecule has 1 saturated carbocycles. The molecule has 1 aromatic rings. The number of hydrogen-bond acceptors (Lipinski definition) is 8. The van der Waals surface area contributed by atoms with Crippen molar-refractivity contribution < 1.29 is 23.9 Å². The fourth-order valence-corrected chi connectivity index (χ4v) is 6.87. The summed E-state index contributed by atoms with van der Waals surface area (Å²) >= 11 is 3.07. The van der Waals surface area contributed by atoms with Crippen molar-refractivity contribution >= 4 is 47.1 Å². The van der Waals surface area contributed by atoms with Gasteiger partial charge >= 0.3 is 6.09 Å². The van der Waals surface area contributed by atoms with Gasteiger partial charge < -0.3 is 25.0 Å². The Kier molecular flexibility index (Phi) is 12.0. The van der Waals surface area contributed by atoms with Crippen molar-refractivity contribution in [3.05, 3.63) is 24.3 Å². The minimum absolute atomic E-state index is 0.0119. The summed E-state index contributed by atoms with van der Waals surface area (Å²) in [6, 6.07) is 6.84. The number of nitrogens with one attached hydrogen (secondary N) is 2. The van der Waals surface area contributed by atoms with Crippen LogP contribution in [-0.2, 0) is 14.3 Å². The van der Waals surface area contributed by atoms with Crippen LogP contribution >= 0.6 is 23.5 Å². The summed E-state index contributed by atoms with van der Waals surface area (Å²) < 4.78 is 11.2. The lowest BCUT2D eigenvalue weighted by molar-refractivity contribution is -0.130. The van der Waals surface area contributed by atoms with Gasteiger partial charge in [0.2, 0.25) is 5.91 Å². The first-order valence-electron chi connectivity index (χ1n) is 13.7. The highest BCUT2D eigenvalue weighted by Gasteiger charge is 2.38.